The number of likely N-dealkylation sites (N-methyl/N-ethyl adjacent to an activating group) is 1. The molecule has 20 heavy (non-hydrogen) atoms. The normalized spacial score (nSPS) is 19.8. The van der Waals surface area contributed by atoms with Crippen molar-refractivity contribution in [3.05, 3.63) is 29.8 Å². The predicted molar refractivity (Wildman–Crippen MR) is 76.4 cm³/mol. The first-order chi connectivity index (χ1) is 9.56. The number of phenolic OH excluding ortho intramolecular Hbond substituents is 1. The minimum Gasteiger partial charge on any atom is -0.508 e. The Morgan fingerprint density at radius 1 is 1.50 bits per heavy atom. The van der Waals surface area contributed by atoms with E-state index in [0.717, 1.165) is 25.0 Å². The zero-order valence-electron chi connectivity index (χ0n) is 11.8. The molecule has 2 atom stereocenters. The molecule has 5 heteroatoms. The van der Waals surface area contributed by atoms with Gasteiger partial charge in [0.15, 0.2) is 0 Å². The third-order valence-electron chi connectivity index (χ3n) is 3.59. The zero-order chi connectivity index (χ0) is 14.5. The van der Waals surface area contributed by atoms with Crippen LogP contribution in [0.4, 0.5) is 0 Å². The molecule has 1 heterocycles. The van der Waals surface area contributed by atoms with Gasteiger partial charge < -0.3 is 20.5 Å². The fourth-order valence-corrected chi connectivity index (χ4v) is 2.44. The number of nitrogens with two attached hydrogens (primary N) is 1. The summed E-state index contributed by atoms with van der Waals surface area (Å²) < 4.78 is 5.52. The fourth-order valence-electron chi connectivity index (χ4n) is 2.44. The highest BCUT2D eigenvalue weighted by Gasteiger charge is 2.23. The molecule has 0 aromatic heterocycles. The van der Waals surface area contributed by atoms with Crippen LogP contribution >= 0.6 is 0 Å². The van der Waals surface area contributed by atoms with Gasteiger partial charge in [-0.1, -0.05) is 12.1 Å². The molecule has 0 radical (unpaired) electrons. The van der Waals surface area contributed by atoms with Crippen molar-refractivity contribution in [2.45, 2.75) is 31.4 Å². The van der Waals surface area contributed by atoms with Gasteiger partial charge in [-0.2, -0.15) is 0 Å². The molecule has 1 aliphatic rings. The third kappa shape index (κ3) is 3.95. The molecule has 110 valence electrons. The van der Waals surface area contributed by atoms with Crippen molar-refractivity contribution in [2.24, 2.45) is 5.73 Å². The highest BCUT2D eigenvalue weighted by molar-refractivity contribution is 5.81. The number of nitrogens with zero attached hydrogens (tertiary/aromatic N) is 1. The summed E-state index contributed by atoms with van der Waals surface area (Å²) in [6.07, 6.45) is 2.68. The highest BCUT2D eigenvalue weighted by atomic mass is 16.5. The summed E-state index contributed by atoms with van der Waals surface area (Å²) in [5.74, 6) is 0.137. The molecule has 0 aliphatic carbocycles. The Bertz CT molecular complexity index is 441. The third-order valence-corrected chi connectivity index (χ3v) is 3.59. The lowest BCUT2D eigenvalue weighted by molar-refractivity contribution is -0.132. The van der Waals surface area contributed by atoms with Crippen molar-refractivity contribution < 1.29 is 14.6 Å². The summed E-state index contributed by atoms with van der Waals surface area (Å²) in [5, 5.41) is 9.23. The van der Waals surface area contributed by atoms with Gasteiger partial charge in [-0.25, -0.2) is 0 Å². The van der Waals surface area contributed by atoms with Gasteiger partial charge in [0, 0.05) is 20.2 Å². The largest absolute Gasteiger partial charge is 0.508 e. The van der Waals surface area contributed by atoms with Crippen LogP contribution in [0.3, 0.4) is 0 Å². The summed E-state index contributed by atoms with van der Waals surface area (Å²) in [6, 6.07) is 6.20. The van der Waals surface area contributed by atoms with Crippen molar-refractivity contribution in [2.75, 3.05) is 20.2 Å². The highest BCUT2D eigenvalue weighted by Crippen LogP contribution is 2.14. The van der Waals surface area contributed by atoms with Gasteiger partial charge in [0.25, 0.3) is 0 Å². The van der Waals surface area contributed by atoms with E-state index in [9.17, 15) is 9.90 Å². The average molecular weight is 278 g/mol. The standard InChI is InChI=1S/C15H22N2O3/c1-17(10-13-3-2-8-20-13)15(19)14(16)9-11-4-6-12(18)7-5-11/h4-7,13-14,18H,2-3,8-10,16H2,1H3. The van der Waals surface area contributed by atoms with Gasteiger partial charge in [0.1, 0.15) is 5.75 Å². The predicted octanol–water partition coefficient (Wildman–Crippen LogP) is 0.899. The van der Waals surface area contributed by atoms with E-state index in [2.05, 4.69) is 0 Å². The van der Waals surface area contributed by atoms with Gasteiger partial charge >= 0.3 is 0 Å². The molecular weight excluding hydrogens is 256 g/mol. The molecule has 1 fully saturated rings. The van der Waals surface area contributed by atoms with Crippen LogP contribution in [0, 0.1) is 0 Å². The number of hydrogen-bond acceptors (Lipinski definition) is 4. The lowest BCUT2D eigenvalue weighted by Gasteiger charge is -2.24. The number of hydrogen-bond donors (Lipinski definition) is 2. The van der Waals surface area contributed by atoms with Crippen LogP contribution < -0.4 is 5.73 Å². The lowest BCUT2D eigenvalue weighted by Crippen LogP contribution is -2.45. The minimum absolute atomic E-state index is 0.0754. The van der Waals surface area contributed by atoms with Gasteiger partial charge in [0.2, 0.25) is 5.91 Å². The van der Waals surface area contributed by atoms with Crippen LogP contribution in [0.25, 0.3) is 0 Å². The maximum Gasteiger partial charge on any atom is 0.239 e. The van der Waals surface area contributed by atoms with E-state index in [4.69, 9.17) is 10.5 Å². The van der Waals surface area contributed by atoms with E-state index >= 15 is 0 Å². The van der Waals surface area contributed by atoms with Crippen LogP contribution in [0.5, 0.6) is 5.75 Å². The number of carbonyl (C=O) groups excluding carboxylic acids is 1. The van der Waals surface area contributed by atoms with Crippen molar-refractivity contribution in [3.63, 3.8) is 0 Å². The van der Waals surface area contributed by atoms with Crippen LogP contribution in [0.2, 0.25) is 0 Å². The van der Waals surface area contributed by atoms with E-state index in [1.165, 1.54) is 0 Å². The molecule has 1 amide bonds. The van der Waals surface area contributed by atoms with Gasteiger partial charge in [-0.3, -0.25) is 4.79 Å². The first kappa shape index (κ1) is 14.8. The van der Waals surface area contributed by atoms with Crippen LogP contribution in [-0.2, 0) is 16.0 Å². The molecule has 0 bridgehead atoms. The molecule has 1 aromatic rings. The second-order valence-electron chi connectivity index (χ2n) is 5.33. The minimum atomic E-state index is -0.564. The van der Waals surface area contributed by atoms with E-state index in [0.29, 0.717) is 13.0 Å². The van der Waals surface area contributed by atoms with E-state index in [1.807, 2.05) is 0 Å². The zero-order valence-corrected chi connectivity index (χ0v) is 11.8. The van der Waals surface area contributed by atoms with Crippen molar-refractivity contribution in [1.82, 2.24) is 4.90 Å². The maximum absolute atomic E-state index is 12.2. The van der Waals surface area contributed by atoms with Crippen molar-refractivity contribution in [1.29, 1.82) is 0 Å². The van der Waals surface area contributed by atoms with Gasteiger partial charge in [-0.05, 0) is 37.0 Å². The Hall–Kier alpha value is -1.59. The second kappa shape index (κ2) is 6.72. The molecule has 1 aromatic carbocycles. The van der Waals surface area contributed by atoms with Gasteiger partial charge in [0.05, 0.1) is 12.1 Å². The Labute approximate surface area is 119 Å². The molecule has 1 saturated heterocycles. The number of ether oxygens (including phenoxy) is 1. The molecular formula is C15H22N2O3. The van der Waals surface area contributed by atoms with E-state index in [-0.39, 0.29) is 17.8 Å². The molecule has 2 unspecified atom stereocenters. The number of amides is 1. The Balaban J connectivity index is 1.85. The molecule has 0 saturated carbocycles. The van der Waals surface area contributed by atoms with Gasteiger partial charge in [-0.15, -0.1) is 0 Å². The first-order valence-electron chi connectivity index (χ1n) is 6.96. The quantitative estimate of drug-likeness (QED) is 0.839. The van der Waals surface area contributed by atoms with Crippen LogP contribution in [0.15, 0.2) is 24.3 Å². The Kier molecular flexibility index (Phi) is 4.98. The molecule has 3 N–H and O–H groups in total. The summed E-state index contributed by atoms with van der Waals surface area (Å²) in [6.45, 7) is 1.38. The SMILES string of the molecule is CN(CC1CCCO1)C(=O)C(N)Cc1ccc(O)cc1. The summed E-state index contributed by atoms with van der Waals surface area (Å²) in [5.41, 5.74) is 6.91. The van der Waals surface area contributed by atoms with Crippen molar-refractivity contribution >= 4 is 5.91 Å². The van der Waals surface area contributed by atoms with Crippen molar-refractivity contribution in [3.8, 4) is 5.75 Å². The summed E-state index contributed by atoms with van der Waals surface area (Å²) in [7, 11) is 1.76. The first-order valence-corrected chi connectivity index (χ1v) is 6.96. The second-order valence-corrected chi connectivity index (χ2v) is 5.33. The number of benzene rings is 1. The molecule has 2 rings (SSSR count). The fraction of sp³-hybridized carbons (Fsp3) is 0.533. The van der Waals surface area contributed by atoms with Crippen LogP contribution in [-0.4, -0.2) is 48.3 Å². The summed E-state index contributed by atoms with van der Waals surface area (Å²) in [4.78, 5) is 13.9. The molecule has 0 spiro atoms. The number of phenols is 1. The van der Waals surface area contributed by atoms with Crippen LogP contribution in [0.1, 0.15) is 18.4 Å². The van der Waals surface area contributed by atoms with E-state index < -0.39 is 6.04 Å². The monoisotopic (exact) mass is 278 g/mol. The number of carbonyl (C=O) groups is 1. The number of aromatic hydroxyl groups is 1. The molecule has 5 nitrogen and oxygen atoms in total. The average Bonchev–Trinajstić information content (AvgIpc) is 2.93. The number of rotatable bonds is 5. The smallest absolute Gasteiger partial charge is 0.239 e. The maximum atomic E-state index is 12.2. The topological polar surface area (TPSA) is 75.8 Å². The Morgan fingerprint density at radius 3 is 2.80 bits per heavy atom. The Morgan fingerprint density at radius 2 is 2.20 bits per heavy atom. The molecule has 1 aliphatic heterocycles. The van der Waals surface area contributed by atoms with E-state index in [1.54, 1.807) is 36.2 Å². The summed E-state index contributed by atoms with van der Waals surface area (Å²) >= 11 is 0. The lowest BCUT2D eigenvalue weighted by atomic mass is 10.1.